The second kappa shape index (κ2) is 7.74. The van der Waals surface area contributed by atoms with Crippen molar-refractivity contribution in [3.8, 4) is 0 Å². The third-order valence-electron chi connectivity index (χ3n) is 5.24. The van der Waals surface area contributed by atoms with Crippen LogP contribution in [0.1, 0.15) is 24.0 Å². The maximum atomic E-state index is 13.3. The normalized spacial score (nSPS) is 21.1. The molecule has 2 aliphatic rings. The Balaban J connectivity index is 1.27. The molecular formula is C21H23FN2O3. The van der Waals surface area contributed by atoms with Gasteiger partial charge in [0.25, 0.3) is 0 Å². The summed E-state index contributed by atoms with van der Waals surface area (Å²) in [5, 5.41) is 0. The van der Waals surface area contributed by atoms with Gasteiger partial charge in [0.05, 0.1) is 32.2 Å². The lowest BCUT2D eigenvalue weighted by Crippen LogP contribution is -2.67. The van der Waals surface area contributed by atoms with Crippen LogP contribution in [-0.2, 0) is 27.3 Å². The third-order valence-corrected chi connectivity index (χ3v) is 5.24. The predicted octanol–water partition coefficient (Wildman–Crippen LogP) is 2.74. The fraction of sp³-hybridized carbons (Fsp3) is 0.429. The summed E-state index contributed by atoms with van der Waals surface area (Å²) in [7, 11) is 0. The second-order valence-electron chi connectivity index (χ2n) is 7.37. The van der Waals surface area contributed by atoms with Crippen LogP contribution in [0.2, 0.25) is 0 Å². The van der Waals surface area contributed by atoms with Gasteiger partial charge in [0.15, 0.2) is 0 Å². The van der Waals surface area contributed by atoms with Crippen molar-refractivity contribution >= 4 is 5.91 Å². The highest BCUT2D eigenvalue weighted by molar-refractivity contribution is 5.80. The van der Waals surface area contributed by atoms with E-state index in [1.165, 1.54) is 12.1 Å². The minimum atomic E-state index is -0.315. The van der Waals surface area contributed by atoms with Gasteiger partial charge in [-0.1, -0.05) is 12.1 Å². The number of rotatable bonds is 5. The first kappa shape index (κ1) is 18.1. The van der Waals surface area contributed by atoms with Crippen molar-refractivity contribution < 1.29 is 18.7 Å². The van der Waals surface area contributed by atoms with Gasteiger partial charge >= 0.3 is 0 Å². The van der Waals surface area contributed by atoms with Crippen LogP contribution in [0.25, 0.3) is 0 Å². The lowest BCUT2D eigenvalue weighted by Gasteiger charge is -2.53. The summed E-state index contributed by atoms with van der Waals surface area (Å²) >= 11 is 0. The van der Waals surface area contributed by atoms with Gasteiger partial charge in [-0.05, 0) is 41.8 Å². The summed E-state index contributed by atoms with van der Waals surface area (Å²) in [4.78, 5) is 18.2. The monoisotopic (exact) mass is 370 g/mol. The Kier molecular flexibility index (Phi) is 5.18. The molecule has 142 valence electrons. The number of nitrogens with zero attached hydrogens (tertiary/aromatic N) is 2. The second-order valence-corrected chi connectivity index (χ2v) is 7.37. The van der Waals surface area contributed by atoms with Gasteiger partial charge < -0.3 is 14.4 Å². The maximum absolute atomic E-state index is 13.3. The Hall–Kier alpha value is -2.31. The van der Waals surface area contributed by atoms with E-state index in [0.29, 0.717) is 31.9 Å². The molecule has 6 heteroatoms. The molecule has 0 aliphatic carbocycles. The van der Waals surface area contributed by atoms with E-state index >= 15 is 0 Å². The highest BCUT2D eigenvalue weighted by Crippen LogP contribution is 2.35. The van der Waals surface area contributed by atoms with Crippen molar-refractivity contribution in [2.24, 2.45) is 0 Å². The van der Waals surface area contributed by atoms with E-state index in [9.17, 15) is 9.18 Å². The number of likely N-dealkylation sites (tertiary alicyclic amines) is 1. The smallest absolute Gasteiger partial charge is 0.227 e. The van der Waals surface area contributed by atoms with Gasteiger partial charge in [-0.15, -0.1) is 0 Å². The Labute approximate surface area is 158 Å². The molecule has 27 heavy (non-hydrogen) atoms. The molecule has 0 N–H and O–H groups in total. The zero-order valence-electron chi connectivity index (χ0n) is 15.1. The molecule has 1 atom stereocenters. The molecule has 2 aliphatic heterocycles. The van der Waals surface area contributed by atoms with Gasteiger partial charge in [0, 0.05) is 25.4 Å². The number of halogens is 1. The predicted molar refractivity (Wildman–Crippen MR) is 97.4 cm³/mol. The van der Waals surface area contributed by atoms with Crippen LogP contribution < -0.4 is 0 Å². The molecule has 4 rings (SSSR count). The van der Waals surface area contributed by atoms with Crippen LogP contribution in [0.15, 0.2) is 48.8 Å². The quantitative estimate of drug-likeness (QED) is 0.812. The fourth-order valence-electron chi connectivity index (χ4n) is 3.80. The van der Waals surface area contributed by atoms with Crippen molar-refractivity contribution in [2.75, 3.05) is 19.7 Å². The Morgan fingerprint density at radius 3 is 2.85 bits per heavy atom. The molecule has 1 aromatic heterocycles. The zero-order valence-corrected chi connectivity index (χ0v) is 15.1. The minimum absolute atomic E-state index is 0.00894. The van der Waals surface area contributed by atoms with Gasteiger partial charge in [0.1, 0.15) is 11.4 Å². The molecule has 0 bridgehead atoms. The van der Waals surface area contributed by atoms with E-state index in [0.717, 1.165) is 18.4 Å². The summed E-state index contributed by atoms with van der Waals surface area (Å²) in [6, 6.07) is 10.1. The topological polar surface area (TPSA) is 51.7 Å². The highest BCUT2D eigenvalue weighted by Gasteiger charge is 2.49. The summed E-state index contributed by atoms with van der Waals surface area (Å²) in [6.45, 7) is 2.37. The number of pyridine rings is 1. The molecule has 3 heterocycles. The highest BCUT2D eigenvalue weighted by atomic mass is 19.1. The SMILES string of the molecule is O=C(Cc1cccc(F)c1)N1CC2(CC(OCc3ccncc3)CCO2)C1. The Morgan fingerprint density at radius 2 is 2.07 bits per heavy atom. The van der Waals surface area contributed by atoms with Crippen molar-refractivity contribution in [3.63, 3.8) is 0 Å². The molecule has 2 saturated heterocycles. The first-order valence-electron chi connectivity index (χ1n) is 9.29. The van der Waals surface area contributed by atoms with E-state index in [-0.39, 0.29) is 29.9 Å². The molecule has 0 saturated carbocycles. The number of amides is 1. The summed E-state index contributed by atoms with van der Waals surface area (Å²) in [6.07, 6.45) is 5.53. The molecule has 2 aromatic rings. The van der Waals surface area contributed by atoms with Crippen molar-refractivity contribution in [3.05, 3.63) is 65.7 Å². The molecule has 1 unspecified atom stereocenters. The van der Waals surface area contributed by atoms with Crippen LogP contribution in [-0.4, -0.2) is 47.2 Å². The van der Waals surface area contributed by atoms with Crippen LogP contribution in [0, 0.1) is 5.82 Å². The van der Waals surface area contributed by atoms with Gasteiger partial charge in [-0.25, -0.2) is 4.39 Å². The molecule has 1 aromatic carbocycles. The van der Waals surface area contributed by atoms with E-state index < -0.39 is 0 Å². The Bertz CT molecular complexity index is 793. The van der Waals surface area contributed by atoms with E-state index in [2.05, 4.69) is 4.98 Å². The largest absolute Gasteiger partial charge is 0.373 e. The molecule has 5 nitrogen and oxygen atoms in total. The van der Waals surface area contributed by atoms with Crippen LogP contribution in [0.4, 0.5) is 4.39 Å². The number of carbonyl (C=O) groups excluding carboxylic acids is 1. The number of hydrogen-bond acceptors (Lipinski definition) is 4. The summed E-state index contributed by atoms with van der Waals surface area (Å²) in [5.41, 5.74) is 1.51. The van der Waals surface area contributed by atoms with Crippen molar-refractivity contribution in [1.82, 2.24) is 9.88 Å². The average Bonchev–Trinajstić information content (AvgIpc) is 2.65. The Morgan fingerprint density at radius 1 is 1.26 bits per heavy atom. The number of carbonyl (C=O) groups is 1. The van der Waals surface area contributed by atoms with E-state index in [1.807, 2.05) is 12.1 Å². The number of ether oxygens (including phenoxy) is 2. The first-order chi connectivity index (χ1) is 13.1. The lowest BCUT2D eigenvalue weighted by molar-refractivity contribution is -0.202. The standard InChI is InChI=1S/C21H23FN2O3/c22-18-3-1-2-17(10-18)11-20(25)24-14-21(15-24)12-19(6-9-27-21)26-13-16-4-7-23-8-5-16/h1-5,7-8,10,19H,6,9,11-15H2. The van der Waals surface area contributed by atoms with Gasteiger partial charge in [-0.2, -0.15) is 0 Å². The summed E-state index contributed by atoms with van der Waals surface area (Å²) in [5.74, 6) is -0.306. The van der Waals surface area contributed by atoms with Crippen LogP contribution in [0.5, 0.6) is 0 Å². The number of hydrogen-bond donors (Lipinski definition) is 0. The van der Waals surface area contributed by atoms with E-state index in [1.54, 1.807) is 29.4 Å². The van der Waals surface area contributed by atoms with E-state index in [4.69, 9.17) is 9.47 Å². The third kappa shape index (κ3) is 4.34. The lowest BCUT2D eigenvalue weighted by atomic mass is 9.84. The fourth-order valence-corrected chi connectivity index (χ4v) is 3.80. The van der Waals surface area contributed by atoms with Gasteiger partial charge in [-0.3, -0.25) is 9.78 Å². The number of aromatic nitrogens is 1. The van der Waals surface area contributed by atoms with Crippen molar-refractivity contribution in [2.45, 2.75) is 37.6 Å². The van der Waals surface area contributed by atoms with Crippen LogP contribution in [0.3, 0.4) is 0 Å². The zero-order chi connectivity index (χ0) is 18.7. The molecule has 1 amide bonds. The minimum Gasteiger partial charge on any atom is -0.373 e. The molecular weight excluding hydrogens is 347 g/mol. The number of benzene rings is 1. The molecule has 0 radical (unpaired) electrons. The maximum Gasteiger partial charge on any atom is 0.227 e. The first-order valence-corrected chi connectivity index (χ1v) is 9.29. The van der Waals surface area contributed by atoms with Crippen molar-refractivity contribution in [1.29, 1.82) is 0 Å². The molecule has 2 fully saturated rings. The molecule has 1 spiro atoms. The average molecular weight is 370 g/mol. The van der Waals surface area contributed by atoms with Gasteiger partial charge in [0.2, 0.25) is 5.91 Å². The summed E-state index contributed by atoms with van der Waals surface area (Å²) < 4.78 is 25.3. The van der Waals surface area contributed by atoms with Crippen LogP contribution >= 0.6 is 0 Å².